The number of nitrogens with zero attached hydrogens (tertiary/aromatic N) is 3. The van der Waals surface area contributed by atoms with Crippen LogP contribution in [0.2, 0.25) is 0 Å². The zero-order valence-electron chi connectivity index (χ0n) is 12.4. The number of sulfone groups is 1. The van der Waals surface area contributed by atoms with E-state index in [0.29, 0.717) is 6.54 Å². The largest absolute Gasteiger partial charge is 0.337 e. The first-order valence-corrected chi connectivity index (χ1v) is 8.79. The summed E-state index contributed by atoms with van der Waals surface area (Å²) in [5.74, 6) is -1.14. The molecule has 0 aromatic carbocycles. The quantitative estimate of drug-likeness (QED) is 0.766. The summed E-state index contributed by atoms with van der Waals surface area (Å²) < 4.78 is 38.3. The summed E-state index contributed by atoms with van der Waals surface area (Å²) in [6.07, 6.45) is 2.34. The van der Waals surface area contributed by atoms with Crippen molar-refractivity contribution in [2.75, 3.05) is 32.9 Å². The molecule has 6 nitrogen and oxygen atoms in total. The van der Waals surface area contributed by atoms with Crippen molar-refractivity contribution in [3.05, 3.63) is 29.8 Å². The minimum Gasteiger partial charge on any atom is -0.337 e. The molecule has 0 spiro atoms. The molecule has 1 aromatic rings. The molecule has 0 aliphatic carbocycles. The van der Waals surface area contributed by atoms with Gasteiger partial charge < -0.3 is 9.80 Å². The summed E-state index contributed by atoms with van der Waals surface area (Å²) in [5.41, 5.74) is -0.0613. The molecule has 2 aliphatic rings. The zero-order chi connectivity index (χ0) is 16.1. The van der Waals surface area contributed by atoms with Gasteiger partial charge in [-0.25, -0.2) is 12.8 Å². The Bertz CT molecular complexity index is 707. The number of carbonyl (C=O) groups is 1. The van der Waals surface area contributed by atoms with Gasteiger partial charge in [0.15, 0.2) is 15.7 Å². The number of aromatic nitrogens is 1. The van der Waals surface area contributed by atoms with Crippen LogP contribution in [-0.4, -0.2) is 73.3 Å². The standard InChI is InChI=1S/C14H18FN3O3S/c1-17(2)12-8-22(20,21)13-7-18(6-10(12)13)14(19)9-3-4-16-5-11(9)15/h3-5,10,12-13H,6-8H2,1-2H3/t10-,12-,13-/m0/s1. The molecule has 0 bridgehead atoms. The minimum atomic E-state index is -3.22. The highest BCUT2D eigenvalue weighted by molar-refractivity contribution is 7.92. The first kappa shape index (κ1) is 15.4. The summed E-state index contributed by atoms with van der Waals surface area (Å²) in [7, 11) is 0.467. The van der Waals surface area contributed by atoms with E-state index in [9.17, 15) is 17.6 Å². The van der Waals surface area contributed by atoms with Crippen LogP contribution in [0.15, 0.2) is 18.5 Å². The fourth-order valence-corrected chi connectivity index (χ4v) is 5.93. The van der Waals surface area contributed by atoms with Gasteiger partial charge in [-0.3, -0.25) is 9.78 Å². The first-order chi connectivity index (χ1) is 10.3. The summed E-state index contributed by atoms with van der Waals surface area (Å²) in [6.45, 7) is 0.477. The van der Waals surface area contributed by atoms with Crippen molar-refractivity contribution in [3.8, 4) is 0 Å². The van der Waals surface area contributed by atoms with Crippen LogP contribution in [0.3, 0.4) is 0 Å². The molecular weight excluding hydrogens is 309 g/mol. The van der Waals surface area contributed by atoms with Crippen LogP contribution in [0.1, 0.15) is 10.4 Å². The molecule has 8 heteroatoms. The van der Waals surface area contributed by atoms with Gasteiger partial charge in [0.25, 0.3) is 5.91 Å². The molecular formula is C14H18FN3O3S. The Kier molecular flexibility index (Phi) is 3.68. The van der Waals surface area contributed by atoms with Crippen LogP contribution in [-0.2, 0) is 9.84 Å². The van der Waals surface area contributed by atoms with Crippen LogP contribution in [0.4, 0.5) is 4.39 Å². The van der Waals surface area contributed by atoms with E-state index in [-0.39, 0.29) is 29.8 Å². The van der Waals surface area contributed by atoms with Gasteiger partial charge in [0.2, 0.25) is 0 Å². The van der Waals surface area contributed by atoms with Gasteiger partial charge >= 0.3 is 0 Å². The number of halogens is 1. The Balaban J connectivity index is 1.86. The second-order valence-electron chi connectivity index (χ2n) is 6.13. The monoisotopic (exact) mass is 327 g/mol. The molecule has 1 amide bonds. The topological polar surface area (TPSA) is 70.6 Å². The third kappa shape index (κ3) is 2.40. The molecule has 3 rings (SSSR count). The van der Waals surface area contributed by atoms with Gasteiger partial charge in [-0.1, -0.05) is 0 Å². The molecule has 2 aliphatic heterocycles. The molecule has 22 heavy (non-hydrogen) atoms. The van der Waals surface area contributed by atoms with Crippen LogP contribution >= 0.6 is 0 Å². The molecule has 0 radical (unpaired) electrons. The van der Waals surface area contributed by atoms with Crippen molar-refractivity contribution >= 4 is 15.7 Å². The van der Waals surface area contributed by atoms with E-state index in [1.54, 1.807) is 0 Å². The Labute approximate surface area is 128 Å². The van der Waals surface area contributed by atoms with Crippen molar-refractivity contribution < 1.29 is 17.6 Å². The maximum absolute atomic E-state index is 13.7. The molecule has 3 atom stereocenters. The lowest BCUT2D eigenvalue weighted by atomic mass is 10.00. The number of fused-ring (bicyclic) bond motifs is 1. The summed E-state index contributed by atoms with van der Waals surface area (Å²) in [6, 6.07) is 1.22. The Morgan fingerprint density at radius 1 is 1.41 bits per heavy atom. The van der Waals surface area contributed by atoms with Crippen LogP contribution in [0.5, 0.6) is 0 Å². The van der Waals surface area contributed by atoms with E-state index in [1.807, 2.05) is 19.0 Å². The number of rotatable bonds is 2. The predicted octanol–water partition coefficient (Wildman–Crippen LogP) is 0.0199. The molecule has 3 heterocycles. The average Bonchev–Trinajstić information content (AvgIpc) is 2.98. The molecule has 0 unspecified atom stereocenters. The summed E-state index contributed by atoms with van der Waals surface area (Å²) in [4.78, 5) is 19.4. The van der Waals surface area contributed by atoms with Crippen molar-refractivity contribution in [2.24, 2.45) is 5.92 Å². The maximum Gasteiger partial charge on any atom is 0.256 e. The number of likely N-dealkylation sites (tertiary alicyclic amines) is 1. The SMILES string of the molecule is CN(C)[C@H]1CS(=O)(=O)[C@H]2CN(C(=O)c3ccncc3F)C[C@@H]12. The smallest absolute Gasteiger partial charge is 0.256 e. The van der Waals surface area contributed by atoms with E-state index in [1.165, 1.54) is 17.2 Å². The normalized spacial score (nSPS) is 29.8. The first-order valence-electron chi connectivity index (χ1n) is 7.08. The fraction of sp³-hybridized carbons (Fsp3) is 0.571. The van der Waals surface area contributed by atoms with Gasteiger partial charge in [0.05, 0.1) is 22.8 Å². The number of carbonyl (C=O) groups excluding carboxylic acids is 1. The van der Waals surface area contributed by atoms with Crippen LogP contribution in [0, 0.1) is 11.7 Å². The molecule has 1 aromatic heterocycles. The fourth-order valence-electron chi connectivity index (χ4n) is 3.45. The number of amides is 1. The van der Waals surface area contributed by atoms with Crippen molar-refractivity contribution in [1.82, 2.24) is 14.8 Å². The molecule has 0 saturated carbocycles. The van der Waals surface area contributed by atoms with E-state index in [0.717, 1.165) is 6.20 Å². The molecule has 120 valence electrons. The summed E-state index contributed by atoms with van der Waals surface area (Å²) >= 11 is 0. The second kappa shape index (κ2) is 5.27. The lowest BCUT2D eigenvalue weighted by Crippen LogP contribution is -2.38. The Morgan fingerprint density at radius 3 is 2.77 bits per heavy atom. The molecule has 2 saturated heterocycles. The lowest BCUT2D eigenvalue weighted by Gasteiger charge is -2.25. The predicted molar refractivity (Wildman–Crippen MR) is 78.6 cm³/mol. The van der Waals surface area contributed by atoms with Gasteiger partial charge in [0, 0.05) is 31.2 Å². The third-order valence-electron chi connectivity index (χ3n) is 4.62. The maximum atomic E-state index is 13.7. The van der Waals surface area contributed by atoms with Crippen molar-refractivity contribution in [1.29, 1.82) is 0 Å². The van der Waals surface area contributed by atoms with Gasteiger partial charge in [-0.05, 0) is 20.2 Å². The number of hydrogen-bond donors (Lipinski definition) is 0. The van der Waals surface area contributed by atoms with Gasteiger partial charge in [-0.15, -0.1) is 0 Å². The van der Waals surface area contributed by atoms with Gasteiger partial charge in [-0.2, -0.15) is 0 Å². The Morgan fingerprint density at radius 2 is 2.14 bits per heavy atom. The molecule has 2 fully saturated rings. The van der Waals surface area contributed by atoms with Crippen molar-refractivity contribution in [3.63, 3.8) is 0 Å². The lowest BCUT2D eigenvalue weighted by molar-refractivity contribution is 0.0774. The molecule has 0 N–H and O–H groups in total. The highest BCUT2D eigenvalue weighted by Crippen LogP contribution is 2.36. The zero-order valence-corrected chi connectivity index (χ0v) is 13.3. The Hall–Kier alpha value is -1.54. The van der Waals surface area contributed by atoms with Gasteiger partial charge in [0.1, 0.15) is 0 Å². The number of hydrogen-bond acceptors (Lipinski definition) is 5. The third-order valence-corrected chi connectivity index (χ3v) is 6.85. The van der Waals surface area contributed by atoms with E-state index in [2.05, 4.69) is 4.98 Å². The van der Waals surface area contributed by atoms with Crippen LogP contribution in [0.25, 0.3) is 0 Å². The summed E-state index contributed by atoms with van der Waals surface area (Å²) in [5, 5.41) is -0.547. The second-order valence-corrected chi connectivity index (χ2v) is 8.39. The van der Waals surface area contributed by atoms with E-state index < -0.39 is 26.8 Å². The highest BCUT2D eigenvalue weighted by atomic mass is 32.2. The van der Waals surface area contributed by atoms with Crippen LogP contribution < -0.4 is 0 Å². The highest BCUT2D eigenvalue weighted by Gasteiger charge is 2.53. The number of pyridine rings is 1. The van der Waals surface area contributed by atoms with E-state index in [4.69, 9.17) is 0 Å². The van der Waals surface area contributed by atoms with E-state index >= 15 is 0 Å². The minimum absolute atomic E-state index is 0.0613. The van der Waals surface area contributed by atoms with Crippen molar-refractivity contribution in [2.45, 2.75) is 11.3 Å². The average molecular weight is 327 g/mol.